The van der Waals surface area contributed by atoms with Crippen LogP contribution >= 0.6 is 0 Å². The third kappa shape index (κ3) is 2.45. The zero-order chi connectivity index (χ0) is 11.5. The highest BCUT2D eigenvalue weighted by atomic mass is 15.2. The SMILES string of the molecule is CCN(C1CC1)C(CN)c1ccc(C)cc1. The Morgan fingerprint density at radius 1 is 1.31 bits per heavy atom. The molecule has 2 rings (SSSR count). The fourth-order valence-electron chi connectivity index (χ4n) is 2.39. The first-order valence-corrected chi connectivity index (χ1v) is 6.28. The molecule has 1 aromatic rings. The average Bonchev–Trinajstić information content (AvgIpc) is 3.11. The minimum absolute atomic E-state index is 0.401. The maximum Gasteiger partial charge on any atom is 0.0473 e. The van der Waals surface area contributed by atoms with Gasteiger partial charge in [0.15, 0.2) is 0 Å². The number of nitrogens with zero attached hydrogens (tertiary/aromatic N) is 1. The summed E-state index contributed by atoms with van der Waals surface area (Å²) in [6.45, 7) is 6.17. The second-order valence-corrected chi connectivity index (χ2v) is 4.72. The Morgan fingerprint density at radius 2 is 1.94 bits per heavy atom. The zero-order valence-corrected chi connectivity index (χ0v) is 10.3. The van der Waals surface area contributed by atoms with Gasteiger partial charge in [0, 0.05) is 18.6 Å². The van der Waals surface area contributed by atoms with Crippen molar-refractivity contribution in [3.63, 3.8) is 0 Å². The van der Waals surface area contributed by atoms with Crippen LogP contribution in [0.3, 0.4) is 0 Å². The first kappa shape index (κ1) is 11.6. The summed E-state index contributed by atoms with van der Waals surface area (Å²) in [5, 5.41) is 0. The molecule has 2 heteroatoms. The molecular formula is C14H22N2. The number of likely N-dealkylation sites (N-methyl/N-ethyl adjacent to an activating group) is 1. The van der Waals surface area contributed by atoms with Crippen LogP contribution in [0.1, 0.15) is 36.9 Å². The molecule has 1 unspecified atom stereocenters. The lowest BCUT2D eigenvalue weighted by Gasteiger charge is -2.30. The molecule has 1 atom stereocenters. The van der Waals surface area contributed by atoms with Crippen molar-refractivity contribution in [1.29, 1.82) is 0 Å². The topological polar surface area (TPSA) is 29.3 Å². The predicted octanol–water partition coefficient (Wildman–Crippen LogP) is 2.48. The molecule has 0 aromatic heterocycles. The van der Waals surface area contributed by atoms with Gasteiger partial charge in [-0.25, -0.2) is 0 Å². The van der Waals surface area contributed by atoms with Gasteiger partial charge in [-0.05, 0) is 31.9 Å². The Morgan fingerprint density at radius 3 is 2.38 bits per heavy atom. The lowest BCUT2D eigenvalue weighted by Crippen LogP contribution is -2.35. The normalized spacial score (nSPS) is 17.8. The molecule has 0 aliphatic heterocycles. The second kappa shape index (κ2) is 4.98. The molecule has 1 aromatic carbocycles. The zero-order valence-electron chi connectivity index (χ0n) is 10.3. The van der Waals surface area contributed by atoms with Crippen molar-refractivity contribution < 1.29 is 0 Å². The largest absolute Gasteiger partial charge is 0.329 e. The van der Waals surface area contributed by atoms with Crippen LogP contribution in [-0.2, 0) is 0 Å². The molecule has 1 aliphatic rings. The number of hydrogen-bond acceptors (Lipinski definition) is 2. The van der Waals surface area contributed by atoms with E-state index in [0.29, 0.717) is 12.6 Å². The van der Waals surface area contributed by atoms with Crippen LogP contribution in [0.4, 0.5) is 0 Å². The van der Waals surface area contributed by atoms with Gasteiger partial charge >= 0.3 is 0 Å². The molecule has 0 bridgehead atoms. The van der Waals surface area contributed by atoms with E-state index in [0.717, 1.165) is 12.6 Å². The molecule has 0 amide bonds. The quantitative estimate of drug-likeness (QED) is 0.822. The van der Waals surface area contributed by atoms with Crippen molar-refractivity contribution in [3.05, 3.63) is 35.4 Å². The van der Waals surface area contributed by atoms with Gasteiger partial charge in [0.1, 0.15) is 0 Å². The number of hydrogen-bond donors (Lipinski definition) is 1. The van der Waals surface area contributed by atoms with E-state index in [1.54, 1.807) is 0 Å². The minimum atomic E-state index is 0.401. The molecule has 2 nitrogen and oxygen atoms in total. The van der Waals surface area contributed by atoms with Gasteiger partial charge in [0.25, 0.3) is 0 Å². The standard InChI is InChI=1S/C14H22N2/c1-3-16(13-8-9-13)14(10-15)12-6-4-11(2)5-7-12/h4-7,13-14H,3,8-10,15H2,1-2H3. The highest BCUT2D eigenvalue weighted by Crippen LogP contribution is 2.33. The number of rotatable bonds is 5. The summed E-state index contributed by atoms with van der Waals surface area (Å²) in [5.74, 6) is 0. The van der Waals surface area contributed by atoms with Crippen molar-refractivity contribution in [3.8, 4) is 0 Å². The van der Waals surface area contributed by atoms with E-state index in [1.165, 1.54) is 24.0 Å². The van der Waals surface area contributed by atoms with Crippen LogP contribution in [0.5, 0.6) is 0 Å². The van der Waals surface area contributed by atoms with E-state index in [2.05, 4.69) is 43.0 Å². The molecule has 0 spiro atoms. The van der Waals surface area contributed by atoms with Crippen LogP contribution in [0.25, 0.3) is 0 Å². The second-order valence-electron chi connectivity index (χ2n) is 4.72. The summed E-state index contributed by atoms with van der Waals surface area (Å²) in [4.78, 5) is 2.55. The van der Waals surface area contributed by atoms with Crippen LogP contribution in [0, 0.1) is 6.92 Å². The Bertz CT molecular complexity index is 327. The van der Waals surface area contributed by atoms with Crippen molar-refractivity contribution >= 4 is 0 Å². The fourth-order valence-corrected chi connectivity index (χ4v) is 2.39. The molecule has 1 saturated carbocycles. The van der Waals surface area contributed by atoms with Crippen molar-refractivity contribution in [2.45, 2.75) is 38.8 Å². The van der Waals surface area contributed by atoms with E-state index in [1.807, 2.05) is 0 Å². The summed E-state index contributed by atoms with van der Waals surface area (Å²) in [7, 11) is 0. The van der Waals surface area contributed by atoms with Gasteiger partial charge < -0.3 is 5.73 Å². The minimum Gasteiger partial charge on any atom is -0.329 e. The lowest BCUT2D eigenvalue weighted by atomic mass is 10.0. The van der Waals surface area contributed by atoms with E-state index in [-0.39, 0.29) is 0 Å². The Hall–Kier alpha value is -0.860. The Labute approximate surface area is 98.4 Å². The third-order valence-corrected chi connectivity index (χ3v) is 3.47. The van der Waals surface area contributed by atoms with Gasteiger partial charge in [-0.1, -0.05) is 36.8 Å². The van der Waals surface area contributed by atoms with Gasteiger partial charge in [0.2, 0.25) is 0 Å². The predicted molar refractivity (Wildman–Crippen MR) is 68.4 cm³/mol. The van der Waals surface area contributed by atoms with Crippen molar-refractivity contribution in [2.24, 2.45) is 5.73 Å². The maximum absolute atomic E-state index is 5.94. The third-order valence-electron chi connectivity index (χ3n) is 3.47. The molecule has 0 radical (unpaired) electrons. The van der Waals surface area contributed by atoms with E-state index >= 15 is 0 Å². The number of nitrogens with two attached hydrogens (primary N) is 1. The Kier molecular flexibility index (Phi) is 3.62. The van der Waals surface area contributed by atoms with Gasteiger partial charge in [0.05, 0.1) is 0 Å². The highest BCUT2D eigenvalue weighted by molar-refractivity contribution is 5.25. The number of aryl methyl sites for hydroxylation is 1. The maximum atomic E-state index is 5.94. The van der Waals surface area contributed by atoms with Gasteiger partial charge in [-0.15, -0.1) is 0 Å². The molecule has 88 valence electrons. The monoisotopic (exact) mass is 218 g/mol. The van der Waals surface area contributed by atoms with Crippen LogP contribution in [0.15, 0.2) is 24.3 Å². The van der Waals surface area contributed by atoms with Crippen molar-refractivity contribution in [1.82, 2.24) is 4.90 Å². The van der Waals surface area contributed by atoms with Crippen LogP contribution in [0.2, 0.25) is 0 Å². The van der Waals surface area contributed by atoms with Gasteiger partial charge in [-0.2, -0.15) is 0 Å². The summed E-state index contributed by atoms with van der Waals surface area (Å²) >= 11 is 0. The first-order chi connectivity index (χ1) is 7.76. The van der Waals surface area contributed by atoms with Crippen molar-refractivity contribution in [2.75, 3.05) is 13.1 Å². The summed E-state index contributed by atoms with van der Waals surface area (Å²) in [6.07, 6.45) is 2.69. The molecule has 0 heterocycles. The van der Waals surface area contributed by atoms with Crippen LogP contribution < -0.4 is 5.73 Å². The molecular weight excluding hydrogens is 196 g/mol. The molecule has 16 heavy (non-hydrogen) atoms. The lowest BCUT2D eigenvalue weighted by molar-refractivity contribution is 0.202. The Balaban J connectivity index is 2.16. The summed E-state index contributed by atoms with van der Waals surface area (Å²) in [6, 6.07) is 9.98. The van der Waals surface area contributed by atoms with E-state index in [9.17, 15) is 0 Å². The molecule has 2 N–H and O–H groups in total. The molecule has 1 fully saturated rings. The highest BCUT2D eigenvalue weighted by Gasteiger charge is 2.32. The van der Waals surface area contributed by atoms with Crippen LogP contribution in [-0.4, -0.2) is 24.0 Å². The fraction of sp³-hybridized carbons (Fsp3) is 0.571. The summed E-state index contributed by atoms with van der Waals surface area (Å²) in [5.41, 5.74) is 8.62. The molecule has 1 aliphatic carbocycles. The number of benzene rings is 1. The molecule has 0 saturated heterocycles. The average molecular weight is 218 g/mol. The van der Waals surface area contributed by atoms with E-state index < -0.39 is 0 Å². The smallest absolute Gasteiger partial charge is 0.0473 e. The summed E-state index contributed by atoms with van der Waals surface area (Å²) < 4.78 is 0. The van der Waals surface area contributed by atoms with E-state index in [4.69, 9.17) is 5.73 Å². The van der Waals surface area contributed by atoms with Gasteiger partial charge in [-0.3, -0.25) is 4.90 Å². The first-order valence-electron chi connectivity index (χ1n) is 6.28.